The molecule has 1 amide bonds. The second-order valence-electron chi connectivity index (χ2n) is 8.87. The normalized spacial score (nSPS) is 16.9. The number of para-hydroxylation sites is 1. The number of likely N-dealkylation sites (tertiary alicyclic amines) is 1. The van der Waals surface area contributed by atoms with Crippen LogP contribution in [0.3, 0.4) is 0 Å². The third kappa shape index (κ3) is 4.04. The number of nitrogens with one attached hydrogen (secondary N) is 1. The van der Waals surface area contributed by atoms with Crippen molar-refractivity contribution in [2.45, 2.75) is 46.3 Å². The summed E-state index contributed by atoms with van der Waals surface area (Å²) in [7, 11) is 1.72. The number of amides is 1. The van der Waals surface area contributed by atoms with Crippen LogP contribution < -0.4 is 10.9 Å². The van der Waals surface area contributed by atoms with E-state index in [1.54, 1.807) is 16.3 Å². The van der Waals surface area contributed by atoms with Gasteiger partial charge >= 0.3 is 0 Å². The van der Waals surface area contributed by atoms with Crippen molar-refractivity contribution in [3.8, 4) is 0 Å². The van der Waals surface area contributed by atoms with Gasteiger partial charge in [-0.25, -0.2) is 4.68 Å². The van der Waals surface area contributed by atoms with Crippen LogP contribution in [0.4, 0.5) is 0 Å². The Morgan fingerprint density at radius 3 is 2.58 bits per heavy atom. The molecule has 2 aromatic heterocycles. The number of hydrogen-bond donors (Lipinski definition) is 1. The van der Waals surface area contributed by atoms with Gasteiger partial charge in [-0.2, -0.15) is 0 Å². The molecule has 3 heterocycles. The van der Waals surface area contributed by atoms with Gasteiger partial charge in [0.2, 0.25) is 16.5 Å². The van der Waals surface area contributed by atoms with Crippen molar-refractivity contribution < 1.29 is 4.79 Å². The fourth-order valence-corrected chi connectivity index (χ4v) is 4.35. The predicted molar refractivity (Wildman–Crippen MR) is 124 cm³/mol. The van der Waals surface area contributed by atoms with Crippen molar-refractivity contribution in [3.63, 3.8) is 0 Å². The Morgan fingerprint density at radius 1 is 1.23 bits per heavy atom. The molecule has 166 valence electrons. The molecule has 1 aliphatic rings. The molecule has 0 radical (unpaired) electrons. The molecule has 0 bridgehead atoms. The molecule has 1 aromatic carbocycles. The first-order chi connectivity index (χ1) is 14.8. The Morgan fingerprint density at radius 2 is 1.90 bits per heavy atom. The van der Waals surface area contributed by atoms with Gasteiger partial charge in [0.05, 0.1) is 17.6 Å². The Labute approximate surface area is 186 Å². The average Bonchev–Trinajstić information content (AvgIpc) is 3.08. The lowest BCUT2D eigenvalue weighted by Gasteiger charge is -2.31. The summed E-state index contributed by atoms with van der Waals surface area (Å²) in [5.41, 5.74) is 0.684. The number of fused-ring (bicyclic) bond motifs is 3. The van der Waals surface area contributed by atoms with E-state index in [2.05, 4.69) is 36.1 Å². The topological polar surface area (TPSA) is 76.6 Å². The number of aromatic nitrogens is 4. The van der Waals surface area contributed by atoms with E-state index in [0.29, 0.717) is 28.5 Å². The second kappa shape index (κ2) is 8.55. The maximum atomic E-state index is 12.7. The van der Waals surface area contributed by atoms with Crippen molar-refractivity contribution in [3.05, 3.63) is 39.4 Å². The largest absolute Gasteiger partial charge is 0.353 e. The molecular weight excluding hydrogens is 412 g/mol. The second-order valence-corrected chi connectivity index (χ2v) is 9.24. The Hall–Kier alpha value is -2.52. The van der Waals surface area contributed by atoms with E-state index >= 15 is 0 Å². The number of carbonyl (C=O) groups excluding carboxylic acids is 1. The van der Waals surface area contributed by atoms with Crippen LogP contribution in [0.2, 0.25) is 0 Å². The van der Waals surface area contributed by atoms with Gasteiger partial charge in [0.1, 0.15) is 0 Å². The van der Waals surface area contributed by atoms with Crippen LogP contribution >= 0.6 is 12.2 Å². The van der Waals surface area contributed by atoms with Gasteiger partial charge in [-0.05, 0) is 50.0 Å². The van der Waals surface area contributed by atoms with Gasteiger partial charge < -0.3 is 5.32 Å². The molecular formula is C22H30N6O2S. The number of piperidine rings is 1. The Balaban J connectivity index is 1.52. The van der Waals surface area contributed by atoms with Crippen LogP contribution in [0, 0.1) is 16.6 Å². The molecule has 8 nitrogen and oxygen atoms in total. The van der Waals surface area contributed by atoms with Gasteiger partial charge in [0, 0.05) is 32.1 Å². The lowest BCUT2D eigenvalue weighted by Crippen LogP contribution is -2.44. The van der Waals surface area contributed by atoms with E-state index in [4.69, 9.17) is 12.2 Å². The number of hydrogen-bond acceptors (Lipinski definition) is 5. The van der Waals surface area contributed by atoms with Crippen LogP contribution in [-0.2, 0) is 18.5 Å². The molecule has 0 aliphatic carbocycles. The smallest absolute Gasteiger partial charge is 0.262 e. The highest BCUT2D eigenvalue weighted by Gasteiger charge is 2.27. The molecule has 0 saturated carbocycles. The molecule has 1 aliphatic heterocycles. The molecule has 1 unspecified atom stereocenters. The first-order valence-corrected chi connectivity index (χ1v) is 11.3. The van der Waals surface area contributed by atoms with Crippen LogP contribution in [-0.4, -0.2) is 48.7 Å². The minimum atomic E-state index is -0.0855. The molecule has 1 N–H and O–H groups in total. The van der Waals surface area contributed by atoms with E-state index in [1.807, 2.05) is 28.7 Å². The summed E-state index contributed by atoms with van der Waals surface area (Å²) in [5.74, 6) is 1.17. The zero-order valence-corrected chi connectivity index (χ0v) is 19.4. The quantitative estimate of drug-likeness (QED) is 0.615. The van der Waals surface area contributed by atoms with E-state index in [-0.39, 0.29) is 23.4 Å². The highest BCUT2D eigenvalue weighted by atomic mass is 32.1. The molecule has 3 aromatic rings. The fourth-order valence-electron chi connectivity index (χ4n) is 4.07. The predicted octanol–water partition coefficient (Wildman–Crippen LogP) is 2.55. The van der Waals surface area contributed by atoms with Gasteiger partial charge in [-0.3, -0.25) is 23.5 Å². The Bertz CT molecular complexity index is 1230. The first kappa shape index (κ1) is 21.7. The fraction of sp³-hybridized carbons (Fsp3) is 0.545. The highest BCUT2D eigenvalue weighted by molar-refractivity contribution is 7.71. The summed E-state index contributed by atoms with van der Waals surface area (Å²) < 4.78 is 5.74. The molecule has 1 atom stereocenters. The summed E-state index contributed by atoms with van der Waals surface area (Å²) in [6.07, 6.45) is 1.64. The first-order valence-electron chi connectivity index (χ1n) is 10.9. The molecule has 9 heteroatoms. The van der Waals surface area contributed by atoms with Gasteiger partial charge in [0.25, 0.3) is 5.56 Å². The third-order valence-electron chi connectivity index (χ3n) is 6.46. The maximum Gasteiger partial charge on any atom is 0.262 e. The molecule has 0 spiro atoms. The zero-order chi connectivity index (χ0) is 22.3. The van der Waals surface area contributed by atoms with Gasteiger partial charge in [-0.1, -0.05) is 26.0 Å². The van der Waals surface area contributed by atoms with Crippen molar-refractivity contribution in [1.82, 2.24) is 29.0 Å². The van der Waals surface area contributed by atoms with Crippen molar-refractivity contribution in [2.75, 3.05) is 13.1 Å². The van der Waals surface area contributed by atoms with E-state index in [1.165, 1.54) is 0 Å². The van der Waals surface area contributed by atoms with Gasteiger partial charge in [-0.15, -0.1) is 5.10 Å². The number of benzene rings is 1. The van der Waals surface area contributed by atoms with Crippen LogP contribution in [0.1, 0.15) is 33.6 Å². The van der Waals surface area contributed by atoms with E-state index in [9.17, 15) is 9.59 Å². The SMILES string of the molecule is CC(C)C(C)NC(=O)C1CCN(Cn2nc3n(C)c(=O)c4ccccc4n3c2=S)CC1. The minimum absolute atomic E-state index is 0.0521. The average molecular weight is 443 g/mol. The monoisotopic (exact) mass is 442 g/mol. The van der Waals surface area contributed by atoms with Crippen LogP contribution in [0.25, 0.3) is 16.7 Å². The maximum absolute atomic E-state index is 12.7. The van der Waals surface area contributed by atoms with Crippen LogP contribution in [0.5, 0.6) is 0 Å². The summed E-state index contributed by atoms with van der Waals surface area (Å²) in [4.78, 5) is 27.5. The summed E-state index contributed by atoms with van der Waals surface area (Å²) in [6.45, 7) is 8.45. The van der Waals surface area contributed by atoms with Crippen molar-refractivity contribution >= 4 is 34.8 Å². The van der Waals surface area contributed by atoms with Crippen molar-refractivity contribution in [2.24, 2.45) is 18.9 Å². The Kier molecular flexibility index (Phi) is 5.98. The van der Waals surface area contributed by atoms with Crippen molar-refractivity contribution in [1.29, 1.82) is 0 Å². The lowest BCUT2D eigenvalue weighted by atomic mass is 9.95. The number of aryl methyl sites for hydroxylation is 1. The molecule has 31 heavy (non-hydrogen) atoms. The zero-order valence-electron chi connectivity index (χ0n) is 18.5. The van der Waals surface area contributed by atoms with E-state index < -0.39 is 0 Å². The van der Waals surface area contributed by atoms with Gasteiger partial charge in [0.15, 0.2) is 0 Å². The number of rotatable bonds is 5. The molecule has 1 saturated heterocycles. The standard InChI is InChI=1S/C22H30N6O2S/c1-14(2)15(3)23-19(29)16-9-11-26(12-10-16)13-27-22(31)28-18-8-6-5-7-17(18)20(30)25(4)21(28)24-27/h5-8,14-16H,9-13H2,1-4H3,(H,23,29). The highest BCUT2D eigenvalue weighted by Crippen LogP contribution is 2.19. The minimum Gasteiger partial charge on any atom is -0.353 e. The number of nitrogens with zero attached hydrogens (tertiary/aromatic N) is 5. The number of carbonyl (C=O) groups is 1. The van der Waals surface area contributed by atoms with Crippen LogP contribution in [0.15, 0.2) is 29.1 Å². The summed E-state index contributed by atoms with van der Waals surface area (Å²) >= 11 is 5.72. The molecule has 1 fully saturated rings. The summed E-state index contributed by atoms with van der Waals surface area (Å²) in [5, 5.41) is 8.41. The summed E-state index contributed by atoms with van der Waals surface area (Å²) in [6, 6.07) is 7.64. The lowest BCUT2D eigenvalue weighted by molar-refractivity contribution is -0.127. The molecule has 4 rings (SSSR count). The van der Waals surface area contributed by atoms with E-state index in [0.717, 1.165) is 31.4 Å². The third-order valence-corrected chi connectivity index (χ3v) is 6.86.